The molecule has 0 unspecified atom stereocenters. The number of hydrogen-bond acceptors (Lipinski definition) is 6. The molecule has 8 nitrogen and oxygen atoms in total. The van der Waals surface area contributed by atoms with Crippen molar-refractivity contribution in [2.75, 3.05) is 12.4 Å². The fraction of sp³-hybridized carbons (Fsp3) is 0.0588. The number of ether oxygens (including phenoxy) is 1. The molecule has 8 heteroatoms. The Morgan fingerprint density at radius 3 is 2.64 bits per heavy atom. The van der Waals surface area contributed by atoms with Crippen molar-refractivity contribution in [2.45, 2.75) is 0 Å². The molecule has 0 saturated heterocycles. The molecule has 126 valence electrons. The molecule has 0 aliphatic heterocycles. The first-order valence-corrected chi connectivity index (χ1v) is 7.19. The summed E-state index contributed by atoms with van der Waals surface area (Å²) in [6.07, 6.45) is 3.01. The predicted octanol–water partition coefficient (Wildman–Crippen LogP) is 2.70. The van der Waals surface area contributed by atoms with Crippen LogP contribution in [0.2, 0.25) is 0 Å². The summed E-state index contributed by atoms with van der Waals surface area (Å²) in [5.41, 5.74) is 0.675. The third kappa shape index (κ3) is 3.32. The topological polar surface area (TPSA) is 115 Å². The van der Waals surface area contributed by atoms with Gasteiger partial charge >= 0.3 is 5.97 Å². The number of carbonyl (C=O) groups is 2. The Bertz CT molecular complexity index is 921. The van der Waals surface area contributed by atoms with Gasteiger partial charge in [-0.3, -0.25) is 15.1 Å². The van der Waals surface area contributed by atoms with Crippen LogP contribution in [-0.4, -0.2) is 34.2 Å². The Labute approximate surface area is 142 Å². The standard InChI is InChI=1S/C17H13N3O5/c1-24-12-4-2-3-11(9-12)15(21)19-16-13(17(22)23)14(20-25-16)10-5-7-18-8-6-10/h2-9H,1H3,(H,19,21)(H,22,23). The lowest BCUT2D eigenvalue weighted by atomic mass is 10.1. The fourth-order valence-corrected chi connectivity index (χ4v) is 2.22. The van der Waals surface area contributed by atoms with Crippen LogP contribution < -0.4 is 10.1 Å². The second kappa shape index (κ2) is 6.83. The van der Waals surface area contributed by atoms with Crippen LogP contribution in [0.4, 0.5) is 5.88 Å². The summed E-state index contributed by atoms with van der Waals surface area (Å²) in [7, 11) is 1.48. The van der Waals surface area contributed by atoms with E-state index < -0.39 is 11.9 Å². The van der Waals surface area contributed by atoms with Gasteiger partial charge in [0.05, 0.1) is 7.11 Å². The summed E-state index contributed by atoms with van der Waals surface area (Å²) in [6.45, 7) is 0. The van der Waals surface area contributed by atoms with Gasteiger partial charge in [-0.2, -0.15) is 0 Å². The zero-order valence-corrected chi connectivity index (χ0v) is 13.1. The summed E-state index contributed by atoms with van der Waals surface area (Å²) >= 11 is 0. The van der Waals surface area contributed by atoms with Gasteiger partial charge in [0.25, 0.3) is 5.91 Å². The average molecular weight is 339 g/mol. The van der Waals surface area contributed by atoms with E-state index >= 15 is 0 Å². The summed E-state index contributed by atoms with van der Waals surface area (Å²) in [4.78, 5) is 27.8. The van der Waals surface area contributed by atoms with E-state index in [0.717, 1.165) is 0 Å². The van der Waals surface area contributed by atoms with Crippen LogP contribution >= 0.6 is 0 Å². The van der Waals surface area contributed by atoms with Crippen molar-refractivity contribution < 1.29 is 24.0 Å². The molecule has 2 N–H and O–H groups in total. The summed E-state index contributed by atoms with van der Waals surface area (Å²) < 4.78 is 10.1. The van der Waals surface area contributed by atoms with Crippen LogP contribution in [-0.2, 0) is 0 Å². The van der Waals surface area contributed by atoms with Gasteiger partial charge in [-0.15, -0.1) is 0 Å². The second-order valence-corrected chi connectivity index (χ2v) is 4.96. The quantitative estimate of drug-likeness (QED) is 0.734. The highest BCUT2D eigenvalue weighted by Crippen LogP contribution is 2.29. The molecule has 25 heavy (non-hydrogen) atoms. The van der Waals surface area contributed by atoms with Crippen molar-refractivity contribution in [3.8, 4) is 17.0 Å². The number of carboxylic acids is 1. The van der Waals surface area contributed by atoms with E-state index in [1.54, 1.807) is 30.3 Å². The number of nitrogens with one attached hydrogen (secondary N) is 1. The number of amides is 1. The lowest BCUT2D eigenvalue weighted by Crippen LogP contribution is -2.14. The molecule has 0 aliphatic rings. The molecular weight excluding hydrogens is 326 g/mol. The van der Waals surface area contributed by atoms with E-state index in [9.17, 15) is 14.7 Å². The average Bonchev–Trinajstić information content (AvgIpc) is 3.06. The highest BCUT2D eigenvalue weighted by Gasteiger charge is 2.25. The largest absolute Gasteiger partial charge is 0.497 e. The first kappa shape index (κ1) is 16.2. The second-order valence-electron chi connectivity index (χ2n) is 4.96. The Kier molecular flexibility index (Phi) is 4.42. The van der Waals surface area contributed by atoms with E-state index in [2.05, 4.69) is 15.5 Å². The maximum absolute atomic E-state index is 12.3. The number of carboxylic acid groups (broad SMARTS) is 1. The lowest BCUT2D eigenvalue weighted by molar-refractivity contribution is 0.0698. The van der Waals surface area contributed by atoms with Crippen LogP contribution in [0.25, 0.3) is 11.3 Å². The molecule has 0 aliphatic carbocycles. The van der Waals surface area contributed by atoms with Gasteiger partial charge in [0.2, 0.25) is 5.88 Å². The molecule has 0 fully saturated rings. The third-order valence-electron chi connectivity index (χ3n) is 3.42. The molecule has 0 atom stereocenters. The van der Waals surface area contributed by atoms with Gasteiger partial charge in [0.15, 0.2) is 5.56 Å². The van der Waals surface area contributed by atoms with Crippen molar-refractivity contribution >= 4 is 17.8 Å². The van der Waals surface area contributed by atoms with E-state index in [1.165, 1.54) is 25.6 Å². The minimum atomic E-state index is -1.27. The van der Waals surface area contributed by atoms with Crippen LogP contribution in [0.3, 0.4) is 0 Å². The summed E-state index contributed by atoms with van der Waals surface area (Å²) in [5, 5.41) is 15.7. The van der Waals surface area contributed by atoms with Gasteiger partial charge < -0.3 is 14.4 Å². The molecule has 3 aromatic rings. The first-order chi connectivity index (χ1) is 12.1. The Hall–Kier alpha value is -3.68. The van der Waals surface area contributed by atoms with Crippen molar-refractivity contribution in [3.63, 3.8) is 0 Å². The smallest absolute Gasteiger partial charge is 0.343 e. The molecule has 0 saturated carbocycles. The van der Waals surface area contributed by atoms with Gasteiger partial charge in [-0.05, 0) is 30.3 Å². The molecule has 0 spiro atoms. The number of hydrogen-bond donors (Lipinski definition) is 2. The number of nitrogens with zero attached hydrogens (tertiary/aromatic N) is 2. The SMILES string of the molecule is COc1cccc(C(=O)Nc2onc(-c3ccncc3)c2C(=O)O)c1. The summed E-state index contributed by atoms with van der Waals surface area (Å²) in [5.74, 6) is -1.55. The molecule has 3 rings (SSSR count). The highest BCUT2D eigenvalue weighted by molar-refractivity contribution is 6.08. The number of aromatic carboxylic acids is 1. The predicted molar refractivity (Wildman–Crippen MR) is 87.6 cm³/mol. The van der Waals surface area contributed by atoms with Crippen LogP contribution in [0.15, 0.2) is 53.3 Å². The molecule has 0 bridgehead atoms. The number of pyridine rings is 1. The van der Waals surface area contributed by atoms with E-state index in [4.69, 9.17) is 9.26 Å². The molecule has 2 aromatic heterocycles. The number of benzene rings is 1. The summed E-state index contributed by atoms with van der Waals surface area (Å²) in [6, 6.07) is 9.62. The molecule has 1 amide bonds. The van der Waals surface area contributed by atoms with Gasteiger partial charge in [0.1, 0.15) is 11.4 Å². The monoisotopic (exact) mass is 339 g/mol. The Balaban J connectivity index is 1.94. The van der Waals surface area contributed by atoms with Gasteiger partial charge in [0, 0.05) is 23.5 Å². The fourth-order valence-electron chi connectivity index (χ4n) is 2.22. The minimum absolute atomic E-state index is 0.107. The van der Waals surface area contributed by atoms with Crippen LogP contribution in [0, 0.1) is 0 Å². The van der Waals surface area contributed by atoms with Crippen molar-refractivity contribution in [3.05, 3.63) is 59.9 Å². The number of rotatable bonds is 5. The lowest BCUT2D eigenvalue weighted by Gasteiger charge is -2.05. The Morgan fingerprint density at radius 1 is 1.20 bits per heavy atom. The Morgan fingerprint density at radius 2 is 1.96 bits per heavy atom. The first-order valence-electron chi connectivity index (χ1n) is 7.19. The molecule has 1 aromatic carbocycles. The maximum Gasteiger partial charge on any atom is 0.343 e. The molecule has 0 radical (unpaired) electrons. The van der Waals surface area contributed by atoms with Crippen LogP contribution in [0.1, 0.15) is 20.7 Å². The zero-order chi connectivity index (χ0) is 17.8. The number of carbonyl (C=O) groups excluding carboxylic acids is 1. The van der Waals surface area contributed by atoms with E-state index in [-0.39, 0.29) is 22.7 Å². The highest BCUT2D eigenvalue weighted by atomic mass is 16.5. The van der Waals surface area contributed by atoms with Crippen LogP contribution in [0.5, 0.6) is 5.75 Å². The van der Waals surface area contributed by atoms with Gasteiger partial charge in [-0.25, -0.2) is 4.79 Å². The molecular formula is C17H13N3O5. The maximum atomic E-state index is 12.3. The number of methoxy groups -OCH3 is 1. The third-order valence-corrected chi connectivity index (χ3v) is 3.42. The van der Waals surface area contributed by atoms with E-state index in [1.807, 2.05) is 0 Å². The zero-order valence-electron chi connectivity index (χ0n) is 13.1. The molecule has 2 heterocycles. The van der Waals surface area contributed by atoms with Crippen molar-refractivity contribution in [1.82, 2.24) is 10.1 Å². The minimum Gasteiger partial charge on any atom is -0.497 e. The normalized spacial score (nSPS) is 10.3. The van der Waals surface area contributed by atoms with Crippen molar-refractivity contribution in [1.29, 1.82) is 0 Å². The van der Waals surface area contributed by atoms with E-state index in [0.29, 0.717) is 11.3 Å². The van der Waals surface area contributed by atoms with Gasteiger partial charge in [-0.1, -0.05) is 11.2 Å². The van der Waals surface area contributed by atoms with Crippen molar-refractivity contribution in [2.24, 2.45) is 0 Å². The number of aromatic nitrogens is 2. The number of anilines is 1.